The van der Waals surface area contributed by atoms with Crippen LogP contribution in [-0.2, 0) is 18.0 Å². The average Bonchev–Trinajstić information content (AvgIpc) is 2.50. The largest absolute Gasteiger partial charge is 0.481 e. The first-order chi connectivity index (χ1) is 13.6. The summed E-state index contributed by atoms with van der Waals surface area (Å²) in [7, 11) is -9.94. The topological polar surface area (TPSA) is 113 Å². The average molecular weight is 464 g/mol. The molecule has 0 rings (SSSR count). The minimum Gasteiger partial charge on any atom is -0.302 e. The van der Waals surface area contributed by atoms with E-state index in [9.17, 15) is 14.0 Å². The van der Waals surface area contributed by atoms with Crippen LogP contribution >= 0.6 is 15.6 Å². The third-order valence-electron chi connectivity index (χ3n) is 3.90. The summed E-state index contributed by atoms with van der Waals surface area (Å²) in [6.07, 6.45) is 13.1. The van der Waals surface area contributed by atoms with E-state index in [1.165, 1.54) is 11.1 Å². The SMILES string of the molecule is C=CC/C(=C\CC/C(=C/COP(=O)(O)OP(=O)(O)O)CC(C)(C)C)CCC=C(C)C. The van der Waals surface area contributed by atoms with Gasteiger partial charge in [0.1, 0.15) is 0 Å². The van der Waals surface area contributed by atoms with E-state index in [0.717, 1.165) is 44.1 Å². The highest BCUT2D eigenvalue weighted by atomic mass is 31.3. The molecule has 7 nitrogen and oxygen atoms in total. The quantitative estimate of drug-likeness (QED) is 0.196. The zero-order valence-electron chi connectivity index (χ0n) is 18.8. The van der Waals surface area contributed by atoms with E-state index in [0.29, 0.717) is 0 Å². The molecule has 30 heavy (non-hydrogen) atoms. The van der Waals surface area contributed by atoms with Crippen molar-refractivity contribution in [3.63, 3.8) is 0 Å². The molecule has 1 atom stereocenters. The van der Waals surface area contributed by atoms with Crippen LogP contribution in [0.4, 0.5) is 0 Å². The van der Waals surface area contributed by atoms with Gasteiger partial charge in [-0.25, -0.2) is 9.13 Å². The number of rotatable bonds is 14. The van der Waals surface area contributed by atoms with Gasteiger partial charge in [-0.3, -0.25) is 4.52 Å². The predicted octanol–water partition coefficient (Wildman–Crippen LogP) is 6.60. The standard InChI is InChI=1S/C21H38O7P2/c1-7-10-19(12-8-11-18(2)3)13-9-14-20(17-21(4,5)6)15-16-27-30(25,26)28-29(22,23)24/h7,11,13,15H,1,8-10,12,14,16-17H2,2-6H3,(H,25,26)(H2,22,23,24)/b19-13+,20-15-. The van der Waals surface area contributed by atoms with Crippen molar-refractivity contribution in [1.82, 2.24) is 0 Å². The summed E-state index contributed by atoms with van der Waals surface area (Å²) in [5, 5.41) is 0. The van der Waals surface area contributed by atoms with Crippen LogP contribution in [0, 0.1) is 5.41 Å². The van der Waals surface area contributed by atoms with Crippen molar-refractivity contribution in [1.29, 1.82) is 0 Å². The van der Waals surface area contributed by atoms with Crippen molar-refractivity contribution in [3.05, 3.63) is 47.6 Å². The summed E-state index contributed by atoms with van der Waals surface area (Å²) >= 11 is 0. The molecule has 0 aliphatic rings. The third kappa shape index (κ3) is 18.0. The molecule has 174 valence electrons. The zero-order chi connectivity index (χ0) is 23.4. The number of hydrogen-bond donors (Lipinski definition) is 3. The van der Waals surface area contributed by atoms with Gasteiger partial charge in [0, 0.05) is 0 Å². The van der Waals surface area contributed by atoms with Gasteiger partial charge in [-0.15, -0.1) is 6.58 Å². The van der Waals surface area contributed by atoms with Gasteiger partial charge in [0.2, 0.25) is 0 Å². The maximum absolute atomic E-state index is 11.6. The Balaban J connectivity index is 5.05. The van der Waals surface area contributed by atoms with Crippen molar-refractivity contribution >= 4 is 15.6 Å². The summed E-state index contributed by atoms with van der Waals surface area (Å²) in [6, 6.07) is 0. The van der Waals surface area contributed by atoms with Crippen LogP contribution in [0.15, 0.2) is 47.6 Å². The van der Waals surface area contributed by atoms with Crippen molar-refractivity contribution in [2.75, 3.05) is 6.61 Å². The van der Waals surface area contributed by atoms with Gasteiger partial charge in [-0.2, -0.15) is 4.31 Å². The second-order valence-electron chi connectivity index (χ2n) is 8.65. The Morgan fingerprint density at radius 1 is 0.967 bits per heavy atom. The maximum atomic E-state index is 11.6. The first-order valence-corrected chi connectivity index (χ1v) is 13.0. The molecule has 0 aromatic carbocycles. The molecule has 9 heteroatoms. The summed E-state index contributed by atoms with van der Waals surface area (Å²) in [6.45, 7) is 14.0. The summed E-state index contributed by atoms with van der Waals surface area (Å²) in [5.74, 6) is 0. The van der Waals surface area contributed by atoms with Crippen molar-refractivity contribution < 1.29 is 32.6 Å². The molecular formula is C21H38O7P2. The van der Waals surface area contributed by atoms with Crippen LogP contribution in [0.1, 0.15) is 73.1 Å². The molecule has 0 spiro atoms. The molecule has 1 unspecified atom stereocenters. The molecule has 0 saturated carbocycles. The van der Waals surface area contributed by atoms with Crippen LogP contribution in [0.2, 0.25) is 0 Å². The molecule has 0 aromatic heterocycles. The Morgan fingerprint density at radius 3 is 2.03 bits per heavy atom. The lowest BCUT2D eigenvalue weighted by Crippen LogP contribution is -2.07. The van der Waals surface area contributed by atoms with Crippen molar-refractivity contribution in [2.24, 2.45) is 5.41 Å². The first-order valence-electron chi connectivity index (χ1n) is 9.98. The minimum atomic E-state index is -5.11. The fourth-order valence-corrected chi connectivity index (χ4v) is 4.36. The lowest BCUT2D eigenvalue weighted by atomic mass is 9.86. The Bertz CT molecular complexity index is 720. The molecule has 0 bridgehead atoms. The molecule has 0 aromatic rings. The van der Waals surface area contributed by atoms with Gasteiger partial charge in [0.25, 0.3) is 0 Å². The Labute approximate surface area is 181 Å². The van der Waals surface area contributed by atoms with Crippen LogP contribution in [-0.4, -0.2) is 21.3 Å². The number of phosphoric ester groups is 1. The molecule has 0 radical (unpaired) electrons. The lowest BCUT2D eigenvalue weighted by molar-refractivity contribution is 0.191. The van der Waals surface area contributed by atoms with Crippen LogP contribution < -0.4 is 0 Å². The highest BCUT2D eigenvalue weighted by molar-refractivity contribution is 7.60. The molecule has 0 aliphatic carbocycles. The van der Waals surface area contributed by atoms with Crippen molar-refractivity contribution in [3.8, 4) is 0 Å². The molecular weight excluding hydrogens is 426 g/mol. The van der Waals surface area contributed by atoms with E-state index in [1.54, 1.807) is 6.08 Å². The van der Waals surface area contributed by atoms with E-state index < -0.39 is 15.6 Å². The highest BCUT2D eigenvalue weighted by Gasteiger charge is 2.31. The molecule has 0 fully saturated rings. The summed E-state index contributed by atoms with van der Waals surface area (Å²) in [5.41, 5.74) is 3.67. The molecule has 0 aliphatic heterocycles. The van der Waals surface area contributed by atoms with E-state index in [-0.39, 0.29) is 12.0 Å². The van der Waals surface area contributed by atoms with E-state index >= 15 is 0 Å². The van der Waals surface area contributed by atoms with Gasteiger partial charge in [-0.05, 0) is 57.8 Å². The lowest BCUT2D eigenvalue weighted by Gasteiger charge is -2.21. The number of phosphoric acid groups is 2. The summed E-state index contributed by atoms with van der Waals surface area (Å²) in [4.78, 5) is 26.7. The highest BCUT2D eigenvalue weighted by Crippen LogP contribution is 2.57. The minimum absolute atomic E-state index is 0.00819. The van der Waals surface area contributed by atoms with E-state index in [1.807, 2.05) is 6.08 Å². The molecule has 0 amide bonds. The van der Waals surface area contributed by atoms with E-state index in [4.69, 9.17) is 9.79 Å². The van der Waals surface area contributed by atoms with Crippen LogP contribution in [0.25, 0.3) is 0 Å². The van der Waals surface area contributed by atoms with Gasteiger partial charge < -0.3 is 14.7 Å². The molecule has 0 heterocycles. The van der Waals surface area contributed by atoms with Gasteiger partial charge >= 0.3 is 15.6 Å². The third-order valence-corrected chi connectivity index (χ3v) is 6.05. The molecule has 0 saturated heterocycles. The Kier molecular flexibility index (Phi) is 13.2. The second kappa shape index (κ2) is 13.6. The Hall–Kier alpha value is -0.780. The smallest absolute Gasteiger partial charge is 0.302 e. The summed E-state index contributed by atoms with van der Waals surface area (Å²) < 4.78 is 30.8. The Morgan fingerprint density at radius 2 is 1.53 bits per heavy atom. The fraction of sp³-hybridized carbons (Fsp3) is 0.619. The van der Waals surface area contributed by atoms with Crippen LogP contribution in [0.5, 0.6) is 0 Å². The van der Waals surface area contributed by atoms with Crippen molar-refractivity contribution in [2.45, 2.75) is 73.1 Å². The number of hydrogen-bond acceptors (Lipinski definition) is 4. The second-order valence-corrected chi connectivity index (χ2v) is 11.5. The predicted molar refractivity (Wildman–Crippen MR) is 122 cm³/mol. The monoisotopic (exact) mass is 464 g/mol. The first kappa shape index (κ1) is 29.2. The van der Waals surface area contributed by atoms with E-state index in [2.05, 4.69) is 62.2 Å². The van der Waals surface area contributed by atoms with Gasteiger partial charge in [0.05, 0.1) is 6.61 Å². The number of allylic oxidation sites excluding steroid dienone is 6. The fourth-order valence-electron chi connectivity index (χ4n) is 2.83. The van der Waals surface area contributed by atoms with Crippen LogP contribution in [0.3, 0.4) is 0 Å². The molecule has 3 N–H and O–H groups in total. The van der Waals surface area contributed by atoms with Gasteiger partial charge in [-0.1, -0.05) is 61.8 Å². The maximum Gasteiger partial charge on any atom is 0.481 e. The van der Waals surface area contributed by atoms with Gasteiger partial charge in [0.15, 0.2) is 0 Å². The zero-order valence-corrected chi connectivity index (χ0v) is 20.6. The normalized spacial score (nSPS) is 15.6.